The summed E-state index contributed by atoms with van der Waals surface area (Å²) in [6.07, 6.45) is 7.68. The quantitative estimate of drug-likeness (QED) is 0.151. The molecule has 2 aliphatic heterocycles. The number of carbonyl (C=O) groups excluding carboxylic acids is 2. The van der Waals surface area contributed by atoms with Gasteiger partial charge in [0.2, 0.25) is 11.8 Å². The fraction of sp³-hybridized carbons (Fsp3) is 0.567. The number of benzene rings is 1. The number of phenolic OH excluding ortho intramolecular Hbond substituents is 1. The number of hydrogen-bond donors (Lipinski definition) is 3. The first-order valence-electron chi connectivity index (χ1n) is 14.3. The van der Waals surface area contributed by atoms with Crippen molar-refractivity contribution in [1.82, 2.24) is 4.90 Å². The molecule has 1 aromatic carbocycles. The van der Waals surface area contributed by atoms with E-state index in [0.717, 1.165) is 36.0 Å². The maximum atomic E-state index is 13.6. The number of rotatable bonds is 12. The van der Waals surface area contributed by atoms with Crippen LogP contribution in [0.4, 0.5) is 0 Å². The number of imide groups is 1. The van der Waals surface area contributed by atoms with Crippen LogP contribution in [0.15, 0.2) is 41.0 Å². The van der Waals surface area contributed by atoms with Gasteiger partial charge in [0.05, 0.1) is 17.9 Å². The van der Waals surface area contributed by atoms with Gasteiger partial charge in [0.15, 0.2) is 0 Å². The third-order valence-electron chi connectivity index (χ3n) is 8.33. The summed E-state index contributed by atoms with van der Waals surface area (Å²) < 4.78 is 6.08. The molecule has 0 spiro atoms. The summed E-state index contributed by atoms with van der Waals surface area (Å²) in [5, 5.41) is 29.1. The predicted octanol–water partition coefficient (Wildman–Crippen LogP) is 4.82. The molecule has 3 aliphatic rings. The van der Waals surface area contributed by atoms with E-state index < -0.39 is 24.9 Å². The number of hydrogen-bond acceptors (Lipinski definition) is 6. The zero-order chi connectivity index (χ0) is 28.1. The SMILES string of the molecule is CCCC1=C2[C@@H](CC/C(C)=C/c3ccc(O)cc3)OB(O)C[C@@H]2[C@@H]2C(=O)N(CCCCCC(=O)O)C(=O)[C@@H]2C1. The van der Waals surface area contributed by atoms with E-state index in [9.17, 15) is 24.5 Å². The number of carboxylic acid groups (broad SMARTS) is 1. The van der Waals surface area contributed by atoms with E-state index in [1.807, 2.05) is 12.1 Å². The molecule has 1 aromatic rings. The number of fused-ring (bicyclic) bond motifs is 3. The van der Waals surface area contributed by atoms with E-state index >= 15 is 0 Å². The maximum absolute atomic E-state index is 13.6. The van der Waals surface area contributed by atoms with Gasteiger partial charge in [-0.2, -0.15) is 0 Å². The molecule has 2 heterocycles. The number of aromatic hydroxyl groups is 1. The van der Waals surface area contributed by atoms with Gasteiger partial charge in [-0.15, -0.1) is 0 Å². The number of carbonyl (C=O) groups is 3. The largest absolute Gasteiger partial charge is 0.508 e. The van der Waals surface area contributed by atoms with Gasteiger partial charge in [0, 0.05) is 13.0 Å². The zero-order valence-electron chi connectivity index (χ0n) is 23.0. The van der Waals surface area contributed by atoms with Crippen molar-refractivity contribution in [3.8, 4) is 5.75 Å². The van der Waals surface area contributed by atoms with Gasteiger partial charge in [0.1, 0.15) is 5.75 Å². The van der Waals surface area contributed by atoms with Crippen molar-refractivity contribution < 1.29 is 34.3 Å². The minimum Gasteiger partial charge on any atom is -0.508 e. The Hall–Kier alpha value is -2.91. The first kappa shape index (κ1) is 29.1. The third-order valence-corrected chi connectivity index (χ3v) is 8.33. The number of phenols is 1. The summed E-state index contributed by atoms with van der Waals surface area (Å²) in [7, 11) is -0.986. The van der Waals surface area contributed by atoms with Crippen LogP contribution in [-0.2, 0) is 19.0 Å². The Balaban J connectivity index is 1.50. The Kier molecular flexibility index (Phi) is 9.67. The zero-order valence-corrected chi connectivity index (χ0v) is 23.0. The lowest BCUT2D eigenvalue weighted by atomic mass is 9.58. The molecule has 0 saturated carbocycles. The highest BCUT2D eigenvalue weighted by Gasteiger charge is 2.56. The van der Waals surface area contributed by atoms with Gasteiger partial charge < -0.3 is 19.9 Å². The maximum Gasteiger partial charge on any atom is 0.455 e. The van der Waals surface area contributed by atoms with Gasteiger partial charge >= 0.3 is 13.1 Å². The highest BCUT2D eigenvalue weighted by atomic mass is 16.5. The Morgan fingerprint density at radius 2 is 1.85 bits per heavy atom. The highest BCUT2D eigenvalue weighted by molar-refractivity contribution is 6.43. The van der Waals surface area contributed by atoms with Crippen LogP contribution < -0.4 is 0 Å². The molecule has 0 radical (unpaired) electrons. The van der Waals surface area contributed by atoms with Crippen molar-refractivity contribution in [3.05, 3.63) is 46.5 Å². The molecular formula is C30H40BNO7. The summed E-state index contributed by atoms with van der Waals surface area (Å²) in [6, 6.07) is 7.03. The molecule has 2 saturated heterocycles. The fourth-order valence-corrected chi connectivity index (χ4v) is 6.60. The highest BCUT2D eigenvalue weighted by Crippen LogP contribution is 2.51. The summed E-state index contributed by atoms with van der Waals surface area (Å²) >= 11 is 0. The molecule has 9 heteroatoms. The molecule has 0 bridgehead atoms. The fourth-order valence-electron chi connectivity index (χ4n) is 6.60. The summed E-state index contributed by atoms with van der Waals surface area (Å²) in [5.41, 5.74) is 4.46. The van der Waals surface area contributed by atoms with E-state index in [1.165, 1.54) is 10.5 Å². The minimum absolute atomic E-state index is 0.0890. The number of likely N-dealkylation sites (tertiary alicyclic amines) is 1. The van der Waals surface area contributed by atoms with E-state index in [-0.39, 0.29) is 36.0 Å². The molecule has 2 fully saturated rings. The Morgan fingerprint density at radius 1 is 1.10 bits per heavy atom. The lowest BCUT2D eigenvalue weighted by Crippen LogP contribution is -2.46. The van der Waals surface area contributed by atoms with Crippen molar-refractivity contribution in [2.24, 2.45) is 17.8 Å². The Bertz CT molecular complexity index is 1130. The van der Waals surface area contributed by atoms with E-state index in [2.05, 4.69) is 19.9 Å². The molecule has 0 unspecified atom stereocenters. The average molecular weight is 537 g/mol. The van der Waals surface area contributed by atoms with Gasteiger partial charge in [-0.1, -0.05) is 49.1 Å². The second-order valence-electron chi connectivity index (χ2n) is 11.2. The molecule has 210 valence electrons. The summed E-state index contributed by atoms with van der Waals surface area (Å²) in [6.45, 7) is 4.48. The lowest BCUT2D eigenvalue weighted by Gasteiger charge is -2.43. The molecule has 3 N–H and O–H groups in total. The monoisotopic (exact) mass is 537 g/mol. The van der Waals surface area contributed by atoms with Crippen LogP contribution in [0.5, 0.6) is 5.75 Å². The number of allylic oxidation sites excluding steroid dienone is 2. The topological polar surface area (TPSA) is 124 Å². The van der Waals surface area contributed by atoms with Crippen molar-refractivity contribution in [2.75, 3.05) is 6.54 Å². The third kappa shape index (κ3) is 6.82. The number of amides is 2. The lowest BCUT2D eigenvalue weighted by molar-refractivity contribution is -0.141. The van der Waals surface area contributed by atoms with Gasteiger partial charge in [-0.25, -0.2) is 0 Å². The number of aliphatic carboxylic acids is 1. The first-order chi connectivity index (χ1) is 18.7. The second kappa shape index (κ2) is 13.0. The summed E-state index contributed by atoms with van der Waals surface area (Å²) in [5.74, 6) is -1.97. The summed E-state index contributed by atoms with van der Waals surface area (Å²) in [4.78, 5) is 39.1. The molecule has 4 atom stereocenters. The number of unbranched alkanes of at least 4 members (excludes halogenated alkanes) is 2. The van der Waals surface area contributed by atoms with Gasteiger partial charge in [-0.3, -0.25) is 19.3 Å². The van der Waals surface area contributed by atoms with Crippen LogP contribution in [0.2, 0.25) is 6.32 Å². The predicted molar refractivity (Wildman–Crippen MR) is 148 cm³/mol. The van der Waals surface area contributed by atoms with E-state index in [1.54, 1.807) is 12.1 Å². The van der Waals surface area contributed by atoms with Crippen LogP contribution in [0, 0.1) is 17.8 Å². The van der Waals surface area contributed by atoms with Crippen molar-refractivity contribution in [2.45, 2.75) is 84.1 Å². The van der Waals surface area contributed by atoms with Crippen LogP contribution in [0.1, 0.15) is 77.2 Å². The van der Waals surface area contributed by atoms with Crippen LogP contribution in [0.3, 0.4) is 0 Å². The van der Waals surface area contributed by atoms with Crippen LogP contribution in [0.25, 0.3) is 6.08 Å². The van der Waals surface area contributed by atoms with Crippen molar-refractivity contribution in [1.29, 1.82) is 0 Å². The number of nitrogens with zero attached hydrogens (tertiary/aromatic N) is 1. The first-order valence-corrected chi connectivity index (χ1v) is 14.3. The van der Waals surface area contributed by atoms with Crippen LogP contribution in [-0.4, -0.2) is 57.7 Å². The standard InChI is InChI=1S/C30H40BNO7/c1-3-7-21-17-23-28(30(37)32(29(23)36)15-6-4-5-8-26(34)35)24-18-31(38)39-25(27(21)24)14-9-19(2)16-20-10-12-22(33)13-11-20/h10-13,16,23-25,28,33,38H,3-9,14-15,17-18H2,1-2H3,(H,34,35)/b19-16+/t23-,24+,25-,28-/m1/s1. The van der Waals surface area contributed by atoms with Crippen molar-refractivity contribution in [3.63, 3.8) is 0 Å². The molecule has 1 aliphatic carbocycles. The van der Waals surface area contributed by atoms with Gasteiger partial charge in [0.25, 0.3) is 0 Å². The Morgan fingerprint density at radius 3 is 2.54 bits per heavy atom. The van der Waals surface area contributed by atoms with E-state index in [0.29, 0.717) is 45.0 Å². The molecule has 39 heavy (non-hydrogen) atoms. The molecule has 4 rings (SSSR count). The minimum atomic E-state index is -0.986. The molecule has 8 nitrogen and oxygen atoms in total. The second-order valence-corrected chi connectivity index (χ2v) is 11.2. The average Bonchev–Trinajstić information content (AvgIpc) is 3.12. The normalized spacial score (nSPS) is 25.3. The molecule has 2 amide bonds. The molecular weight excluding hydrogens is 497 g/mol. The number of carboxylic acids is 1. The molecule has 0 aromatic heterocycles. The van der Waals surface area contributed by atoms with E-state index in [4.69, 9.17) is 9.76 Å². The van der Waals surface area contributed by atoms with Crippen LogP contribution >= 0.6 is 0 Å². The smallest absolute Gasteiger partial charge is 0.455 e. The Labute approximate surface area is 230 Å². The van der Waals surface area contributed by atoms with Crippen molar-refractivity contribution >= 4 is 31.0 Å². The van der Waals surface area contributed by atoms with Gasteiger partial charge in [-0.05, 0) is 81.0 Å².